The number of phenols is 2. The Balaban J connectivity index is 2.50. The lowest BCUT2D eigenvalue weighted by Crippen LogP contribution is -2.26. The average molecular weight is 363 g/mol. The van der Waals surface area contributed by atoms with Gasteiger partial charge in [-0.05, 0) is 61.0 Å². The second kappa shape index (κ2) is 8.79. The molecule has 26 heavy (non-hydrogen) atoms. The van der Waals surface area contributed by atoms with Gasteiger partial charge in [-0.25, -0.2) is 4.79 Å². The third-order valence-electron chi connectivity index (χ3n) is 6.06. The van der Waals surface area contributed by atoms with Crippen molar-refractivity contribution in [3.05, 3.63) is 22.8 Å². The largest absolute Gasteiger partial charge is 0.508 e. The number of aryl methyl sites for hydroxylation is 1. The van der Waals surface area contributed by atoms with E-state index in [0.717, 1.165) is 38.5 Å². The summed E-state index contributed by atoms with van der Waals surface area (Å²) < 4.78 is 0. The van der Waals surface area contributed by atoms with Crippen molar-refractivity contribution in [2.45, 2.75) is 78.6 Å². The van der Waals surface area contributed by atoms with Crippen molar-refractivity contribution in [2.75, 3.05) is 0 Å². The summed E-state index contributed by atoms with van der Waals surface area (Å²) in [6.07, 6.45) is 6.50. The fraction of sp³-hybridized carbons (Fsp3) is 0.682. The minimum Gasteiger partial charge on any atom is -0.508 e. The number of rotatable bonds is 7. The third-order valence-corrected chi connectivity index (χ3v) is 6.06. The number of aromatic carboxylic acids is 1. The molecule has 0 heterocycles. The summed E-state index contributed by atoms with van der Waals surface area (Å²) in [5.41, 5.74) is 0.969. The second-order valence-corrected chi connectivity index (χ2v) is 8.39. The van der Waals surface area contributed by atoms with Crippen LogP contribution in [0.3, 0.4) is 0 Å². The molecule has 2 rings (SSSR count). The number of hydrogen-bond donors (Lipinski definition) is 3. The maximum absolute atomic E-state index is 11.9. The fourth-order valence-electron chi connectivity index (χ4n) is 4.62. The Morgan fingerprint density at radius 1 is 1.23 bits per heavy atom. The van der Waals surface area contributed by atoms with E-state index >= 15 is 0 Å². The van der Waals surface area contributed by atoms with Gasteiger partial charge in [0.05, 0.1) is 0 Å². The highest BCUT2D eigenvalue weighted by Gasteiger charge is 2.36. The number of carbonyl (C=O) groups is 1. The Morgan fingerprint density at radius 2 is 1.92 bits per heavy atom. The maximum atomic E-state index is 11.9. The van der Waals surface area contributed by atoms with E-state index in [0.29, 0.717) is 35.3 Å². The number of hydrogen-bond acceptors (Lipinski definition) is 3. The Hall–Kier alpha value is -1.71. The fourth-order valence-corrected chi connectivity index (χ4v) is 4.62. The third kappa shape index (κ3) is 4.33. The number of benzene rings is 1. The smallest absolute Gasteiger partial charge is 0.339 e. The predicted octanol–water partition coefficient (Wildman–Crippen LogP) is 5.70. The lowest BCUT2D eigenvalue weighted by molar-refractivity contribution is 0.0691. The van der Waals surface area contributed by atoms with Crippen LogP contribution < -0.4 is 0 Å². The molecule has 1 fully saturated rings. The molecule has 3 N–H and O–H groups in total. The molecule has 4 heteroatoms. The molecule has 1 aromatic carbocycles. The van der Waals surface area contributed by atoms with E-state index in [-0.39, 0.29) is 23.0 Å². The Bertz CT molecular complexity index is 636. The minimum atomic E-state index is -1.11. The van der Waals surface area contributed by atoms with Crippen LogP contribution in [0.4, 0.5) is 0 Å². The highest BCUT2D eigenvalue weighted by Crippen LogP contribution is 2.50. The van der Waals surface area contributed by atoms with E-state index in [1.165, 1.54) is 0 Å². The highest BCUT2D eigenvalue weighted by molar-refractivity contribution is 5.93. The lowest BCUT2D eigenvalue weighted by atomic mass is 9.67. The van der Waals surface area contributed by atoms with Crippen LogP contribution in [0.5, 0.6) is 11.5 Å². The van der Waals surface area contributed by atoms with Gasteiger partial charge in [0.1, 0.15) is 17.1 Å². The van der Waals surface area contributed by atoms with E-state index in [4.69, 9.17) is 0 Å². The summed E-state index contributed by atoms with van der Waals surface area (Å²) in [5.74, 6) is 0.00458. The summed E-state index contributed by atoms with van der Waals surface area (Å²) in [6.45, 7) is 8.61. The Labute approximate surface area is 157 Å². The monoisotopic (exact) mass is 362 g/mol. The molecule has 0 aromatic heterocycles. The molecule has 3 unspecified atom stereocenters. The molecule has 1 saturated carbocycles. The zero-order valence-corrected chi connectivity index (χ0v) is 16.6. The van der Waals surface area contributed by atoms with Gasteiger partial charge in [0.15, 0.2) is 0 Å². The summed E-state index contributed by atoms with van der Waals surface area (Å²) in [7, 11) is 0. The van der Waals surface area contributed by atoms with Crippen molar-refractivity contribution in [3.8, 4) is 11.5 Å². The minimum absolute atomic E-state index is 0.00143. The molecular weight excluding hydrogens is 328 g/mol. The van der Waals surface area contributed by atoms with Gasteiger partial charge in [-0.3, -0.25) is 0 Å². The first-order chi connectivity index (χ1) is 12.3. The Kier molecular flexibility index (Phi) is 6.96. The molecule has 1 aliphatic carbocycles. The van der Waals surface area contributed by atoms with Gasteiger partial charge < -0.3 is 15.3 Å². The van der Waals surface area contributed by atoms with E-state index in [1.54, 1.807) is 6.07 Å². The molecule has 0 radical (unpaired) electrons. The quantitative estimate of drug-likeness (QED) is 0.543. The average Bonchev–Trinajstić information content (AvgIpc) is 2.54. The maximum Gasteiger partial charge on any atom is 0.339 e. The lowest BCUT2D eigenvalue weighted by Gasteiger charge is -2.38. The van der Waals surface area contributed by atoms with Crippen LogP contribution in [0.1, 0.15) is 93.6 Å². The van der Waals surface area contributed by atoms with Gasteiger partial charge in [0.25, 0.3) is 0 Å². The number of unbranched alkanes of at least 4 members (excludes halogenated alkanes) is 2. The van der Waals surface area contributed by atoms with Crippen LogP contribution in [-0.4, -0.2) is 21.3 Å². The molecule has 0 spiro atoms. The molecule has 3 atom stereocenters. The van der Waals surface area contributed by atoms with Crippen LogP contribution >= 0.6 is 0 Å². The number of carboxylic acids is 1. The van der Waals surface area contributed by atoms with Gasteiger partial charge in [-0.15, -0.1) is 0 Å². The standard InChI is InChI=1S/C22H34O4/c1-5-6-7-8-15-12-18(23)20(21(24)19(15)22(25)26)17-11-14(4)9-10-16(17)13(2)3/h12-14,16-17,23-24H,5-11H2,1-4H3,(H,25,26). The zero-order chi connectivity index (χ0) is 19.4. The molecular formula is C22H34O4. The number of phenolic OH excluding ortho intramolecular Hbond substituents is 1. The second-order valence-electron chi connectivity index (χ2n) is 8.39. The van der Waals surface area contributed by atoms with E-state index in [1.807, 2.05) is 0 Å². The highest BCUT2D eigenvalue weighted by atomic mass is 16.4. The van der Waals surface area contributed by atoms with Crippen molar-refractivity contribution in [1.29, 1.82) is 0 Å². The molecule has 146 valence electrons. The van der Waals surface area contributed by atoms with Crippen LogP contribution in [-0.2, 0) is 6.42 Å². The summed E-state index contributed by atoms with van der Waals surface area (Å²) >= 11 is 0. The van der Waals surface area contributed by atoms with E-state index in [9.17, 15) is 20.1 Å². The molecule has 0 aliphatic heterocycles. The molecule has 1 aliphatic rings. The zero-order valence-electron chi connectivity index (χ0n) is 16.6. The van der Waals surface area contributed by atoms with Crippen molar-refractivity contribution in [1.82, 2.24) is 0 Å². The number of aromatic hydroxyl groups is 2. The van der Waals surface area contributed by atoms with Crippen molar-refractivity contribution >= 4 is 5.97 Å². The molecule has 0 amide bonds. The molecule has 1 aromatic rings. The normalized spacial score (nSPS) is 23.3. The van der Waals surface area contributed by atoms with E-state index in [2.05, 4.69) is 27.7 Å². The van der Waals surface area contributed by atoms with Crippen LogP contribution in [0.2, 0.25) is 0 Å². The first-order valence-electron chi connectivity index (χ1n) is 10.1. The van der Waals surface area contributed by atoms with Gasteiger partial charge in [-0.1, -0.05) is 47.0 Å². The van der Waals surface area contributed by atoms with Crippen LogP contribution in [0.25, 0.3) is 0 Å². The van der Waals surface area contributed by atoms with Gasteiger partial charge in [0.2, 0.25) is 0 Å². The molecule has 0 bridgehead atoms. The van der Waals surface area contributed by atoms with Gasteiger partial charge in [-0.2, -0.15) is 0 Å². The van der Waals surface area contributed by atoms with Crippen LogP contribution in [0, 0.1) is 17.8 Å². The Morgan fingerprint density at radius 3 is 2.50 bits per heavy atom. The predicted molar refractivity (Wildman–Crippen MR) is 104 cm³/mol. The topological polar surface area (TPSA) is 77.8 Å². The number of carboxylic acid groups (broad SMARTS) is 1. The summed E-state index contributed by atoms with van der Waals surface area (Å²) in [6, 6.07) is 1.59. The van der Waals surface area contributed by atoms with Gasteiger partial charge >= 0.3 is 5.97 Å². The first kappa shape index (κ1) is 20.6. The van der Waals surface area contributed by atoms with Crippen molar-refractivity contribution < 1.29 is 20.1 Å². The van der Waals surface area contributed by atoms with Crippen molar-refractivity contribution in [3.63, 3.8) is 0 Å². The SMILES string of the molecule is CCCCCc1cc(O)c(C2CC(C)CCC2C(C)C)c(O)c1C(=O)O. The molecule has 4 nitrogen and oxygen atoms in total. The van der Waals surface area contributed by atoms with Gasteiger partial charge in [0, 0.05) is 5.56 Å². The summed E-state index contributed by atoms with van der Waals surface area (Å²) in [4.78, 5) is 11.9. The van der Waals surface area contributed by atoms with Crippen molar-refractivity contribution in [2.24, 2.45) is 17.8 Å². The first-order valence-corrected chi connectivity index (χ1v) is 10.1. The molecule has 0 saturated heterocycles. The van der Waals surface area contributed by atoms with Crippen LogP contribution in [0.15, 0.2) is 6.07 Å². The van der Waals surface area contributed by atoms with E-state index < -0.39 is 5.97 Å². The summed E-state index contributed by atoms with van der Waals surface area (Å²) in [5, 5.41) is 31.3.